The molecule has 4 rings (SSSR count). The van der Waals surface area contributed by atoms with Crippen molar-refractivity contribution in [2.24, 2.45) is 7.05 Å². The zero-order valence-electron chi connectivity index (χ0n) is 25.2. The molecular weight excluding hydrogens is 682 g/mol. The fraction of sp³-hybridized carbons (Fsp3) is 0.429. The van der Waals surface area contributed by atoms with Crippen LogP contribution in [0.25, 0.3) is 0 Å². The first-order chi connectivity index (χ1) is 22.1. The molecule has 0 spiro atoms. The van der Waals surface area contributed by atoms with E-state index in [2.05, 4.69) is 15.3 Å². The van der Waals surface area contributed by atoms with Gasteiger partial charge in [-0.1, -0.05) is 25.5 Å². The van der Waals surface area contributed by atoms with E-state index in [-0.39, 0.29) is 30.7 Å². The van der Waals surface area contributed by atoms with Gasteiger partial charge in [0.2, 0.25) is 11.5 Å². The van der Waals surface area contributed by atoms with Crippen molar-refractivity contribution >= 4 is 21.8 Å². The van der Waals surface area contributed by atoms with Crippen molar-refractivity contribution in [3.63, 3.8) is 0 Å². The average molecular weight is 714 g/mol. The minimum atomic E-state index is -10.2. The number of aromatic nitrogens is 3. The smallest absolute Gasteiger partial charge is 0.380 e. The SMILES string of the molecule is COC1CC(C(O)N(c2ccc(S(F)(F)(F)(F)F)cc2)C(C(=O)NCCC(O)(c2nccn2C)C(F)(F)F)c2cccnc2)N(C#N)C1. The van der Waals surface area contributed by atoms with Crippen LogP contribution in [0.2, 0.25) is 0 Å². The van der Waals surface area contributed by atoms with Gasteiger partial charge in [0, 0.05) is 69.6 Å². The molecular formula is C28H31F8N7O4S. The van der Waals surface area contributed by atoms with E-state index in [1.807, 2.05) is 6.19 Å². The fourth-order valence-corrected chi connectivity index (χ4v) is 6.14. The van der Waals surface area contributed by atoms with Crippen LogP contribution >= 0.6 is 10.2 Å². The number of anilines is 1. The number of imidazole rings is 1. The number of aliphatic hydroxyl groups is 2. The molecule has 1 aliphatic rings. The molecule has 1 fully saturated rings. The summed E-state index contributed by atoms with van der Waals surface area (Å²) in [5.74, 6) is -1.88. The van der Waals surface area contributed by atoms with Crippen LogP contribution in [0.1, 0.15) is 30.3 Å². The van der Waals surface area contributed by atoms with Gasteiger partial charge in [-0.15, -0.1) is 0 Å². The predicted octanol–water partition coefficient (Wildman–Crippen LogP) is 4.87. The lowest BCUT2D eigenvalue weighted by Gasteiger charge is -2.42. The number of nitrogens with zero attached hydrogens (tertiary/aromatic N) is 6. The van der Waals surface area contributed by atoms with Gasteiger partial charge in [-0.25, -0.2) is 4.98 Å². The molecule has 48 heavy (non-hydrogen) atoms. The predicted molar refractivity (Wildman–Crippen MR) is 156 cm³/mol. The number of carbonyl (C=O) groups excluding carboxylic acids is 1. The van der Waals surface area contributed by atoms with Gasteiger partial charge < -0.3 is 34.6 Å². The summed E-state index contributed by atoms with van der Waals surface area (Å²) < 4.78 is 116. The summed E-state index contributed by atoms with van der Waals surface area (Å²) in [4.78, 5) is 21.1. The highest BCUT2D eigenvalue weighted by molar-refractivity contribution is 8.45. The van der Waals surface area contributed by atoms with Crippen molar-refractivity contribution in [3.05, 3.63) is 72.6 Å². The molecule has 1 amide bonds. The molecule has 1 saturated heterocycles. The lowest BCUT2D eigenvalue weighted by Crippen LogP contribution is -2.53. The van der Waals surface area contributed by atoms with Gasteiger partial charge in [0.1, 0.15) is 23.0 Å². The normalized spacial score (nSPS) is 20.9. The van der Waals surface area contributed by atoms with Crippen molar-refractivity contribution in [3.8, 4) is 6.19 Å². The van der Waals surface area contributed by atoms with Crippen LogP contribution in [0.15, 0.2) is 66.1 Å². The van der Waals surface area contributed by atoms with Crippen LogP contribution in [0.3, 0.4) is 0 Å². The number of nitriles is 1. The Bertz CT molecular complexity index is 1640. The second-order valence-electron chi connectivity index (χ2n) is 11.1. The molecule has 5 unspecified atom stereocenters. The molecule has 3 heterocycles. The van der Waals surface area contributed by atoms with E-state index in [1.54, 1.807) is 0 Å². The molecule has 5 atom stereocenters. The largest absolute Gasteiger partial charge is 0.424 e. The van der Waals surface area contributed by atoms with Crippen molar-refractivity contribution < 1.29 is 52.3 Å². The number of likely N-dealkylation sites (tertiary alicyclic amines) is 1. The molecule has 3 aromatic rings. The Morgan fingerprint density at radius 1 is 1.19 bits per heavy atom. The third-order valence-corrected chi connectivity index (χ3v) is 9.11. The van der Waals surface area contributed by atoms with Crippen LogP contribution in [0.5, 0.6) is 0 Å². The van der Waals surface area contributed by atoms with Gasteiger partial charge in [0.05, 0.1) is 18.7 Å². The van der Waals surface area contributed by atoms with Crippen LogP contribution in [0.4, 0.5) is 38.3 Å². The third kappa shape index (κ3) is 7.59. The molecule has 2 aromatic heterocycles. The quantitative estimate of drug-likeness (QED) is 0.136. The van der Waals surface area contributed by atoms with E-state index >= 15 is 0 Å². The Hall–Kier alpha value is -4.19. The van der Waals surface area contributed by atoms with Crippen LogP contribution in [-0.4, -0.2) is 80.3 Å². The maximum atomic E-state index is 14.1. The Balaban J connectivity index is 1.77. The minimum absolute atomic E-state index is 0.0152. The highest BCUT2D eigenvalue weighted by Gasteiger charge is 2.65. The van der Waals surface area contributed by atoms with E-state index in [0.717, 1.165) is 26.8 Å². The summed E-state index contributed by atoms with van der Waals surface area (Å²) in [5, 5.41) is 34.4. The lowest BCUT2D eigenvalue weighted by molar-refractivity contribution is -0.272. The first-order valence-electron chi connectivity index (χ1n) is 14.1. The first kappa shape index (κ1) is 36.6. The second kappa shape index (κ2) is 12.4. The van der Waals surface area contributed by atoms with Crippen molar-refractivity contribution in [1.29, 1.82) is 5.26 Å². The molecule has 1 aliphatic heterocycles. The number of carbonyl (C=O) groups is 1. The van der Waals surface area contributed by atoms with Crippen molar-refractivity contribution in [2.45, 2.75) is 53.9 Å². The maximum absolute atomic E-state index is 14.1. The molecule has 0 aliphatic carbocycles. The van der Waals surface area contributed by atoms with Crippen LogP contribution in [0, 0.1) is 11.5 Å². The minimum Gasteiger partial charge on any atom is -0.380 e. The Kier molecular flexibility index (Phi) is 9.44. The van der Waals surface area contributed by atoms with Crippen LogP contribution < -0.4 is 10.2 Å². The number of pyridine rings is 1. The summed E-state index contributed by atoms with van der Waals surface area (Å²) in [6.45, 7) is -0.844. The molecule has 3 N–H and O–H groups in total. The molecule has 0 bridgehead atoms. The molecule has 11 nitrogen and oxygen atoms in total. The highest BCUT2D eigenvalue weighted by Crippen LogP contribution is 3.02. The topological polar surface area (TPSA) is 140 Å². The van der Waals surface area contributed by atoms with E-state index < -0.39 is 81.7 Å². The Labute approximate surface area is 269 Å². The van der Waals surface area contributed by atoms with Gasteiger partial charge in [-0.05, 0) is 30.3 Å². The summed E-state index contributed by atoms with van der Waals surface area (Å²) in [6, 6.07) is 1.09. The maximum Gasteiger partial charge on any atom is 0.424 e. The monoisotopic (exact) mass is 713 g/mol. The lowest BCUT2D eigenvalue weighted by atomic mass is 9.97. The van der Waals surface area contributed by atoms with Gasteiger partial charge in [-0.3, -0.25) is 9.78 Å². The van der Waals surface area contributed by atoms with Crippen LogP contribution in [-0.2, 0) is 22.2 Å². The van der Waals surface area contributed by atoms with Gasteiger partial charge in [0.25, 0.3) is 0 Å². The highest BCUT2D eigenvalue weighted by atomic mass is 32.5. The van der Waals surface area contributed by atoms with E-state index in [4.69, 9.17) is 4.74 Å². The van der Waals surface area contributed by atoms with Gasteiger partial charge >= 0.3 is 16.4 Å². The summed E-state index contributed by atoms with van der Waals surface area (Å²) >= 11 is 0. The molecule has 20 heteroatoms. The van der Waals surface area contributed by atoms with Crippen molar-refractivity contribution in [2.75, 3.05) is 25.1 Å². The van der Waals surface area contributed by atoms with E-state index in [1.165, 1.54) is 38.7 Å². The zero-order valence-corrected chi connectivity index (χ0v) is 26.1. The third-order valence-electron chi connectivity index (χ3n) is 7.95. The number of halogens is 8. The number of alkyl halides is 3. The number of nitrogens with one attached hydrogen (secondary N) is 1. The Morgan fingerprint density at radius 2 is 1.85 bits per heavy atom. The standard InChI is InChI=1S/C28H31F8N7O4S/c1-41-13-12-40-26(41)27(46,28(29,30)31)9-11-39-24(44)23(18-4-3-10-38-15-18)43(25(45)22-14-20(47-2)16-42(22)17-37)19-5-7-21(8-6-19)48(32,33,34,35)36/h3-8,10,12-13,15,20,22-23,25,45-46H,9,11,14,16H2,1-2H3,(H,39,44). The number of amides is 1. The fourth-order valence-electron chi connectivity index (χ4n) is 5.49. The summed E-state index contributed by atoms with van der Waals surface area (Å²) in [5.41, 5.74) is -3.93. The molecule has 1 aromatic carbocycles. The average Bonchev–Trinajstić information content (AvgIpc) is 3.64. The van der Waals surface area contributed by atoms with Crippen molar-refractivity contribution in [1.82, 2.24) is 24.8 Å². The summed E-state index contributed by atoms with van der Waals surface area (Å²) in [7, 11) is -7.59. The number of aliphatic hydroxyl groups excluding tert-OH is 1. The van der Waals surface area contributed by atoms with E-state index in [0.29, 0.717) is 12.1 Å². The van der Waals surface area contributed by atoms with E-state index in [9.17, 15) is 52.9 Å². The first-order valence-corrected chi connectivity index (χ1v) is 16.0. The molecule has 0 radical (unpaired) electrons. The number of methoxy groups -OCH3 is 1. The summed E-state index contributed by atoms with van der Waals surface area (Å²) in [6.07, 6.45) is -2.39. The molecule has 264 valence electrons. The number of rotatable bonds is 12. The second-order valence-corrected chi connectivity index (χ2v) is 13.6. The number of hydrogen-bond acceptors (Lipinski definition) is 9. The van der Waals surface area contributed by atoms with Gasteiger partial charge in [0.15, 0.2) is 6.19 Å². The number of benzene rings is 1. The number of aryl methyl sites for hydroxylation is 1. The van der Waals surface area contributed by atoms with Gasteiger partial charge in [-0.2, -0.15) is 18.4 Å². The Morgan fingerprint density at radius 3 is 2.35 bits per heavy atom. The number of ether oxygens (including phenoxy) is 1. The molecule has 0 saturated carbocycles. The number of hydrogen-bond donors (Lipinski definition) is 3. The zero-order chi connectivity index (χ0) is 35.8.